The number of amides is 2. The van der Waals surface area contributed by atoms with Gasteiger partial charge in [-0.25, -0.2) is 0 Å². The summed E-state index contributed by atoms with van der Waals surface area (Å²) in [5.74, 6) is 2.69. The monoisotopic (exact) mass is 318 g/mol. The molecule has 23 heavy (non-hydrogen) atoms. The van der Waals surface area contributed by atoms with E-state index in [9.17, 15) is 9.59 Å². The van der Waals surface area contributed by atoms with E-state index in [4.69, 9.17) is 0 Å². The topological polar surface area (TPSA) is 49.4 Å². The van der Waals surface area contributed by atoms with E-state index in [1.807, 2.05) is 18.7 Å². The maximum absolute atomic E-state index is 13.4. The number of nitrogens with zero attached hydrogens (tertiary/aromatic N) is 1. The Bertz CT molecular complexity index is 478. The lowest BCUT2D eigenvalue weighted by atomic mass is 9.49. The lowest BCUT2D eigenvalue weighted by Gasteiger charge is -2.56. The van der Waals surface area contributed by atoms with Crippen LogP contribution in [0.15, 0.2) is 0 Å². The molecular weight excluding hydrogens is 288 g/mol. The third-order valence-corrected chi connectivity index (χ3v) is 6.74. The van der Waals surface area contributed by atoms with Crippen LogP contribution in [0.1, 0.15) is 65.2 Å². The van der Waals surface area contributed by atoms with Gasteiger partial charge in [-0.3, -0.25) is 9.59 Å². The molecule has 5 fully saturated rings. The minimum atomic E-state index is -0.224. The van der Waals surface area contributed by atoms with Crippen molar-refractivity contribution in [1.82, 2.24) is 10.2 Å². The Kier molecular flexibility index (Phi) is 3.69. The first-order chi connectivity index (χ1) is 11.0. The molecule has 5 rings (SSSR count). The molecule has 4 heteroatoms. The van der Waals surface area contributed by atoms with Crippen LogP contribution in [0.2, 0.25) is 0 Å². The maximum atomic E-state index is 13.4. The summed E-state index contributed by atoms with van der Waals surface area (Å²) < 4.78 is 0. The van der Waals surface area contributed by atoms with E-state index < -0.39 is 0 Å². The molecule has 0 radical (unpaired) electrons. The minimum absolute atomic E-state index is 0.0515. The van der Waals surface area contributed by atoms with Gasteiger partial charge in [-0.2, -0.15) is 0 Å². The van der Waals surface area contributed by atoms with Gasteiger partial charge in [0.05, 0.1) is 5.41 Å². The Hall–Kier alpha value is -1.06. The lowest BCUT2D eigenvalue weighted by molar-refractivity contribution is -0.160. The van der Waals surface area contributed by atoms with Crippen molar-refractivity contribution < 1.29 is 9.59 Å². The van der Waals surface area contributed by atoms with E-state index in [0.717, 1.165) is 56.4 Å². The second kappa shape index (κ2) is 5.49. The number of hydrogen-bond donors (Lipinski definition) is 1. The van der Waals surface area contributed by atoms with E-state index in [2.05, 4.69) is 5.32 Å². The Balaban J connectivity index is 1.53. The van der Waals surface area contributed by atoms with E-state index in [-0.39, 0.29) is 23.4 Å². The van der Waals surface area contributed by atoms with E-state index in [0.29, 0.717) is 5.91 Å². The molecule has 1 saturated heterocycles. The van der Waals surface area contributed by atoms with Gasteiger partial charge in [-0.1, -0.05) is 0 Å². The fraction of sp³-hybridized carbons (Fsp3) is 0.895. The number of rotatable bonds is 3. The molecule has 0 aromatic rings. The summed E-state index contributed by atoms with van der Waals surface area (Å²) >= 11 is 0. The fourth-order valence-corrected chi connectivity index (χ4v) is 6.34. The number of hydrogen-bond acceptors (Lipinski definition) is 2. The summed E-state index contributed by atoms with van der Waals surface area (Å²) in [6.45, 7) is 4.74. The number of carbonyl (C=O) groups excluding carboxylic acids is 2. The number of carbonyl (C=O) groups is 2. The quantitative estimate of drug-likeness (QED) is 0.870. The second-order valence-electron chi connectivity index (χ2n) is 9.02. The van der Waals surface area contributed by atoms with Gasteiger partial charge in [-0.15, -0.1) is 0 Å². The van der Waals surface area contributed by atoms with E-state index in [1.165, 1.54) is 19.3 Å². The van der Waals surface area contributed by atoms with Gasteiger partial charge >= 0.3 is 0 Å². The van der Waals surface area contributed by atoms with Gasteiger partial charge in [0.15, 0.2) is 0 Å². The summed E-state index contributed by atoms with van der Waals surface area (Å²) in [5.41, 5.74) is -0.116. The normalized spacial score (nSPS) is 41.6. The molecule has 4 saturated carbocycles. The van der Waals surface area contributed by atoms with Gasteiger partial charge in [-0.05, 0) is 83.0 Å². The molecule has 4 aliphatic carbocycles. The van der Waals surface area contributed by atoms with Crippen molar-refractivity contribution in [2.24, 2.45) is 23.2 Å². The summed E-state index contributed by atoms with van der Waals surface area (Å²) in [4.78, 5) is 27.9. The molecule has 1 heterocycles. The molecule has 1 atom stereocenters. The Labute approximate surface area is 139 Å². The van der Waals surface area contributed by atoms with Crippen molar-refractivity contribution in [1.29, 1.82) is 0 Å². The molecule has 4 nitrogen and oxygen atoms in total. The van der Waals surface area contributed by atoms with Crippen molar-refractivity contribution >= 4 is 11.8 Å². The third-order valence-electron chi connectivity index (χ3n) is 6.74. The Morgan fingerprint density at radius 1 is 1.04 bits per heavy atom. The Morgan fingerprint density at radius 3 is 2.13 bits per heavy atom. The molecular formula is C19H30N2O2. The van der Waals surface area contributed by atoms with E-state index >= 15 is 0 Å². The molecule has 0 aromatic heterocycles. The molecule has 1 aliphatic heterocycles. The van der Waals surface area contributed by atoms with Gasteiger partial charge < -0.3 is 10.2 Å². The molecule has 1 unspecified atom stereocenters. The van der Waals surface area contributed by atoms with Crippen LogP contribution < -0.4 is 5.32 Å². The van der Waals surface area contributed by atoms with Crippen LogP contribution in [0, 0.1) is 23.2 Å². The standard InChI is InChI=1S/C19H30N2O2/c1-12(2)20-17(22)16-4-3-5-21(16)18(23)19-9-13-6-14(10-19)8-15(7-13)11-19/h12-16H,3-11H2,1-2H3,(H,20,22). The predicted octanol–water partition coefficient (Wildman–Crippen LogP) is 2.72. The zero-order valence-corrected chi connectivity index (χ0v) is 14.5. The first kappa shape index (κ1) is 15.5. The van der Waals surface area contributed by atoms with Crippen LogP contribution in [0.25, 0.3) is 0 Å². The van der Waals surface area contributed by atoms with Crippen LogP contribution >= 0.6 is 0 Å². The summed E-state index contributed by atoms with van der Waals surface area (Å²) in [7, 11) is 0. The van der Waals surface area contributed by atoms with Crippen LogP contribution in [-0.2, 0) is 9.59 Å². The van der Waals surface area contributed by atoms with Crippen LogP contribution in [0.5, 0.6) is 0 Å². The fourth-order valence-electron chi connectivity index (χ4n) is 6.34. The minimum Gasteiger partial charge on any atom is -0.352 e. The smallest absolute Gasteiger partial charge is 0.243 e. The average molecular weight is 318 g/mol. The van der Waals surface area contributed by atoms with Crippen LogP contribution in [0.4, 0.5) is 0 Å². The molecule has 128 valence electrons. The summed E-state index contributed by atoms with van der Waals surface area (Å²) in [6, 6.07) is -0.0856. The largest absolute Gasteiger partial charge is 0.352 e. The lowest BCUT2D eigenvalue weighted by Crippen LogP contribution is -2.57. The zero-order valence-electron chi connectivity index (χ0n) is 14.5. The third kappa shape index (κ3) is 2.58. The molecule has 5 aliphatic rings. The molecule has 4 bridgehead atoms. The van der Waals surface area contributed by atoms with Gasteiger partial charge in [0.2, 0.25) is 11.8 Å². The molecule has 0 aromatic carbocycles. The van der Waals surface area contributed by atoms with Crippen LogP contribution in [-0.4, -0.2) is 35.3 Å². The van der Waals surface area contributed by atoms with Crippen molar-refractivity contribution in [3.63, 3.8) is 0 Å². The molecule has 2 amide bonds. The van der Waals surface area contributed by atoms with Crippen LogP contribution in [0.3, 0.4) is 0 Å². The first-order valence-corrected chi connectivity index (χ1v) is 9.58. The van der Waals surface area contributed by atoms with Gasteiger partial charge in [0.25, 0.3) is 0 Å². The number of nitrogens with one attached hydrogen (secondary N) is 1. The number of likely N-dealkylation sites (tertiary alicyclic amines) is 1. The van der Waals surface area contributed by atoms with Crippen molar-refractivity contribution in [2.45, 2.75) is 77.3 Å². The zero-order chi connectivity index (χ0) is 16.2. The van der Waals surface area contributed by atoms with E-state index in [1.54, 1.807) is 0 Å². The molecule has 0 spiro atoms. The SMILES string of the molecule is CC(C)NC(=O)C1CCCN1C(=O)C12CC3CC(CC(C3)C1)C2. The highest BCUT2D eigenvalue weighted by molar-refractivity contribution is 5.91. The highest BCUT2D eigenvalue weighted by Gasteiger charge is 2.56. The Morgan fingerprint density at radius 2 is 1.61 bits per heavy atom. The van der Waals surface area contributed by atoms with Gasteiger partial charge in [0.1, 0.15) is 6.04 Å². The predicted molar refractivity (Wildman–Crippen MR) is 88.6 cm³/mol. The average Bonchev–Trinajstić information content (AvgIpc) is 2.93. The van der Waals surface area contributed by atoms with Gasteiger partial charge in [0, 0.05) is 12.6 Å². The first-order valence-electron chi connectivity index (χ1n) is 9.58. The van der Waals surface area contributed by atoms with Crippen molar-refractivity contribution in [3.8, 4) is 0 Å². The molecule has 1 N–H and O–H groups in total. The summed E-state index contributed by atoms with van der Waals surface area (Å²) in [6.07, 6.45) is 9.12. The highest BCUT2D eigenvalue weighted by atomic mass is 16.2. The maximum Gasteiger partial charge on any atom is 0.243 e. The summed E-state index contributed by atoms with van der Waals surface area (Å²) in [5, 5.41) is 3.01. The van der Waals surface area contributed by atoms with Crippen molar-refractivity contribution in [3.05, 3.63) is 0 Å². The second-order valence-corrected chi connectivity index (χ2v) is 9.02. The highest BCUT2D eigenvalue weighted by Crippen LogP contribution is 2.60. The van der Waals surface area contributed by atoms with Crippen molar-refractivity contribution in [2.75, 3.05) is 6.54 Å².